The van der Waals surface area contributed by atoms with Gasteiger partial charge in [0.2, 0.25) is 0 Å². The van der Waals surface area contributed by atoms with E-state index in [1.54, 1.807) is 26.0 Å². The van der Waals surface area contributed by atoms with Crippen LogP contribution in [0.2, 0.25) is 0 Å². The Balaban J connectivity index is 1.72. The summed E-state index contributed by atoms with van der Waals surface area (Å²) < 4.78 is 17.4. The van der Waals surface area contributed by atoms with Crippen LogP contribution < -0.4 is 14.4 Å². The van der Waals surface area contributed by atoms with Gasteiger partial charge in [-0.1, -0.05) is 61.2 Å². The number of methoxy groups -OCH3 is 2. The number of aryl methyl sites for hydroxylation is 1. The van der Waals surface area contributed by atoms with Crippen molar-refractivity contribution in [2.24, 2.45) is 0 Å². The van der Waals surface area contributed by atoms with Gasteiger partial charge < -0.3 is 19.1 Å². The third-order valence-corrected chi connectivity index (χ3v) is 7.67. The van der Waals surface area contributed by atoms with Gasteiger partial charge in [-0.3, -0.25) is 0 Å². The minimum Gasteiger partial charge on any atom is -0.493 e. The Morgan fingerprint density at radius 1 is 1.03 bits per heavy atom. The van der Waals surface area contributed by atoms with E-state index in [0.29, 0.717) is 30.5 Å². The van der Waals surface area contributed by atoms with Gasteiger partial charge in [0.1, 0.15) is 5.82 Å². The molecular formula is C26H29N3O3S2. The second kappa shape index (κ2) is 11.2. The van der Waals surface area contributed by atoms with E-state index in [9.17, 15) is 0 Å². The minimum atomic E-state index is 0.128. The molecule has 1 atom stereocenters. The number of ether oxygens (including phenoxy) is 3. The number of hydrogen-bond acceptors (Lipinski definition) is 8. The van der Waals surface area contributed by atoms with Crippen LogP contribution in [0.4, 0.5) is 5.82 Å². The summed E-state index contributed by atoms with van der Waals surface area (Å²) in [7, 11) is 3.25. The van der Waals surface area contributed by atoms with Gasteiger partial charge in [0.25, 0.3) is 0 Å². The van der Waals surface area contributed by atoms with Crippen molar-refractivity contribution in [3.63, 3.8) is 0 Å². The van der Waals surface area contributed by atoms with Gasteiger partial charge in [0.05, 0.1) is 42.2 Å². The Hall–Kier alpha value is -2.68. The number of benzene rings is 2. The molecule has 1 saturated heterocycles. The highest BCUT2D eigenvalue weighted by Gasteiger charge is 2.24. The number of hydrogen-bond donors (Lipinski definition) is 0. The lowest BCUT2D eigenvalue weighted by atomic mass is 10.0. The molecule has 1 fully saturated rings. The quantitative estimate of drug-likeness (QED) is 0.313. The highest BCUT2D eigenvalue weighted by molar-refractivity contribution is 8.23. The summed E-state index contributed by atoms with van der Waals surface area (Å²) in [5, 5.41) is 0. The third kappa shape index (κ3) is 5.35. The first-order valence-electron chi connectivity index (χ1n) is 11.2. The molecule has 4 rings (SSSR count). The Labute approximate surface area is 210 Å². The van der Waals surface area contributed by atoms with E-state index in [2.05, 4.69) is 24.0 Å². The molecule has 0 radical (unpaired) electrons. The topological polar surface area (TPSA) is 56.7 Å². The molecule has 2 heterocycles. The monoisotopic (exact) mass is 495 g/mol. The lowest BCUT2D eigenvalue weighted by Gasteiger charge is -2.30. The van der Waals surface area contributed by atoms with Crippen molar-refractivity contribution < 1.29 is 14.2 Å². The Kier molecular flexibility index (Phi) is 8.03. The highest BCUT2D eigenvalue weighted by Crippen LogP contribution is 2.39. The zero-order chi connectivity index (χ0) is 24.1. The van der Waals surface area contributed by atoms with Gasteiger partial charge in [0.15, 0.2) is 17.3 Å². The van der Waals surface area contributed by atoms with Gasteiger partial charge in [0, 0.05) is 24.6 Å². The molecule has 0 aliphatic carbocycles. The van der Waals surface area contributed by atoms with E-state index in [0.717, 1.165) is 39.3 Å². The third-order valence-electron chi connectivity index (χ3n) is 5.83. The summed E-state index contributed by atoms with van der Waals surface area (Å²) in [6.07, 6.45) is 0. The van der Waals surface area contributed by atoms with Crippen molar-refractivity contribution in [1.82, 2.24) is 9.97 Å². The van der Waals surface area contributed by atoms with Crippen LogP contribution >= 0.6 is 24.0 Å². The maximum atomic E-state index is 5.88. The molecule has 3 aromatic rings. The maximum Gasteiger partial charge on any atom is 0.161 e. The van der Waals surface area contributed by atoms with Gasteiger partial charge >= 0.3 is 0 Å². The Morgan fingerprint density at radius 2 is 1.74 bits per heavy atom. The molecule has 1 aliphatic rings. The van der Waals surface area contributed by atoms with Crippen LogP contribution in [0.15, 0.2) is 53.4 Å². The van der Waals surface area contributed by atoms with Gasteiger partial charge in [-0.25, -0.2) is 9.97 Å². The van der Waals surface area contributed by atoms with E-state index in [1.165, 1.54) is 5.56 Å². The molecule has 2 aromatic carbocycles. The summed E-state index contributed by atoms with van der Waals surface area (Å²) >= 11 is 7.47. The average molecular weight is 496 g/mol. The molecular weight excluding hydrogens is 466 g/mol. The van der Waals surface area contributed by atoms with E-state index < -0.39 is 0 Å². The number of rotatable bonds is 7. The van der Waals surface area contributed by atoms with Crippen molar-refractivity contribution in [2.45, 2.75) is 24.7 Å². The SMILES string of the molecule is COc1ccc(-c2nc(C)c(SC(=S)C(C)c3ccccc3)c(N3CCOCC3)n2)cc1OC. The largest absolute Gasteiger partial charge is 0.493 e. The summed E-state index contributed by atoms with van der Waals surface area (Å²) in [6.45, 7) is 7.06. The Morgan fingerprint density at radius 3 is 2.41 bits per heavy atom. The van der Waals surface area contributed by atoms with Gasteiger partial charge in [-0.15, -0.1) is 0 Å². The maximum absolute atomic E-state index is 5.88. The fourth-order valence-electron chi connectivity index (χ4n) is 3.83. The van der Waals surface area contributed by atoms with Crippen LogP contribution in [-0.4, -0.2) is 54.7 Å². The molecule has 178 valence electrons. The summed E-state index contributed by atoms with van der Waals surface area (Å²) in [6, 6.07) is 16.1. The summed E-state index contributed by atoms with van der Waals surface area (Å²) in [5.74, 6) is 2.98. The molecule has 1 unspecified atom stereocenters. The smallest absolute Gasteiger partial charge is 0.161 e. The number of anilines is 1. The summed E-state index contributed by atoms with van der Waals surface area (Å²) in [5.41, 5.74) is 2.97. The first-order valence-corrected chi connectivity index (χ1v) is 12.4. The molecule has 1 aliphatic heterocycles. The highest BCUT2D eigenvalue weighted by atomic mass is 32.2. The first-order chi connectivity index (χ1) is 16.5. The van der Waals surface area contributed by atoms with Crippen LogP contribution in [-0.2, 0) is 4.74 Å². The minimum absolute atomic E-state index is 0.128. The van der Waals surface area contributed by atoms with Gasteiger partial charge in [-0.2, -0.15) is 0 Å². The Bertz CT molecular complexity index is 1150. The number of thioether (sulfide) groups is 1. The number of morpholine rings is 1. The van der Waals surface area contributed by atoms with Crippen molar-refractivity contribution in [3.8, 4) is 22.9 Å². The first kappa shape index (κ1) is 24.4. The molecule has 0 amide bonds. The second-order valence-electron chi connectivity index (χ2n) is 8.01. The molecule has 8 heteroatoms. The van der Waals surface area contributed by atoms with Gasteiger partial charge in [-0.05, 0) is 30.7 Å². The molecule has 0 bridgehead atoms. The molecule has 1 aromatic heterocycles. The fourth-order valence-corrected chi connectivity index (χ4v) is 5.19. The fraction of sp³-hybridized carbons (Fsp3) is 0.346. The zero-order valence-corrected chi connectivity index (χ0v) is 21.5. The standard InChI is InChI=1S/C26H29N3O3S2/c1-17(19-8-6-5-7-9-19)26(33)34-23-18(2)27-24(28-25(23)29-12-14-32-15-13-29)20-10-11-21(30-3)22(16-20)31-4/h5-11,16-17H,12-15H2,1-4H3. The van der Waals surface area contributed by atoms with Crippen molar-refractivity contribution >= 4 is 34.0 Å². The van der Waals surface area contributed by atoms with E-state index in [1.807, 2.05) is 43.3 Å². The lowest BCUT2D eigenvalue weighted by Crippen LogP contribution is -2.37. The number of aromatic nitrogens is 2. The molecule has 34 heavy (non-hydrogen) atoms. The van der Waals surface area contributed by atoms with Crippen molar-refractivity contribution in [1.29, 1.82) is 0 Å². The van der Waals surface area contributed by atoms with E-state index >= 15 is 0 Å². The second-order valence-corrected chi connectivity index (χ2v) is 9.76. The average Bonchev–Trinajstić information content (AvgIpc) is 2.89. The van der Waals surface area contributed by atoms with Crippen LogP contribution in [0.5, 0.6) is 11.5 Å². The van der Waals surface area contributed by atoms with Crippen molar-refractivity contribution in [3.05, 3.63) is 59.8 Å². The predicted octanol–water partition coefficient (Wildman–Crippen LogP) is 5.53. The summed E-state index contributed by atoms with van der Waals surface area (Å²) in [4.78, 5) is 13.2. The predicted molar refractivity (Wildman–Crippen MR) is 142 cm³/mol. The molecule has 0 spiro atoms. The van der Waals surface area contributed by atoms with E-state index in [-0.39, 0.29) is 5.92 Å². The molecule has 6 nitrogen and oxygen atoms in total. The molecule has 0 N–H and O–H groups in total. The van der Waals surface area contributed by atoms with Crippen LogP contribution in [0.1, 0.15) is 24.1 Å². The van der Waals surface area contributed by atoms with Crippen LogP contribution in [0.25, 0.3) is 11.4 Å². The van der Waals surface area contributed by atoms with Crippen LogP contribution in [0, 0.1) is 6.92 Å². The van der Waals surface area contributed by atoms with E-state index in [4.69, 9.17) is 36.4 Å². The molecule has 0 saturated carbocycles. The number of nitrogens with zero attached hydrogens (tertiary/aromatic N) is 3. The van der Waals surface area contributed by atoms with Crippen molar-refractivity contribution in [2.75, 3.05) is 45.4 Å². The zero-order valence-electron chi connectivity index (χ0n) is 19.9. The number of thiocarbonyl (C=S) groups is 1. The van der Waals surface area contributed by atoms with Crippen LogP contribution in [0.3, 0.4) is 0 Å². The lowest BCUT2D eigenvalue weighted by molar-refractivity contribution is 0.122. The normalized spacial score (nSPS) is 14.5.